The van der Waals surface area contributed by atoms with Crippen LogP contribution in [0.2, 0.25) is 0 Å². The van der Waals surface area contributed by atoms with Gasteiger partial charge in [-0.15, -0.1) is 0 Å². The maximum atomic E-state index is 12.3. The molecule has 0 saturated carbocycles. The predicted molar refractivity (Wildman–Crippen MR) is 31.8 cm³/mol. The minimum absolute atomic E-state index is 5.64. The van der Waals surface area contributed by atoms with Gasteiger partial charge in [-0.25, -0.2) is 8.78 Å². The quantitative estimate of drug-likeness (QED) is 0.690. The van der Waals surface area contributed by atoms with E-state index >= 15 is 0 Å². The number of alkyl halides is 12. The molecule has 0 aliphatic rings. The SMILES string of the molecule is FC(C(F)(F)F)C(F)(F)C(F)(F)C(F)C(F)(F)F. The van der Waals surface area contributed by atoms with Crippen LogP contribution >= 0.6 is 0 Å². The van der Waals surface area contributed by atoms with Crippen LogP contribution in [0.4, 0.5) is 52.7 Å². The van der Waals surface area contributed by atoms with Crippen LogP contribution in [0.5, 0.6) is 0 Å². The fourth-order valence-electron chi connectivity index (χ4n) is 0.749. The van der Waals surface area contributed by atoms with Crippen molar-refractivity contribution in [2.75, 3.05) is 0 Å². The summed E-state index contributed by atoms with van der Waals surface area (Å²) in [4.78, 5) is 0. The lowest BCUT2D eigenvalue weighted by atomic mass is 10.0. The Labute approximate surface area is 90.6 Å². The molecule has 0 amide bonds. The lowest BCUT2D eigenvalue weighted by Crippen LogP contribution is -2.60. The van der Waals surface area contributed by atoms with Crippen LogP contribution in [0.3, 0.4) is 0 Å². The van der Waals surface area contributed by atoms with Gasteiger partial charge < -0.3 is 0 Å². The van der Waals surface area contributed by atoms with Crippen LogP contribution < -0.4 is 0 Å². The molecule has 0 aliphatic heterocycles. The first-order chi connectivity index (χ1) is 7.56. The standard InChI is InChI=1S/C6H2F12/c7-1(5(13,14)15)3(9,10)4(11,12)2(8)6(16,17)18/h1-2H. The third-order valence-electron chi connectivity index (χ3n) is 1.66. The van der Waals surface area contributed by atoms with E-state index in [1.54, 1.807) is 0 Å². The van der Waals surface area contributed by atoms with Crippen molar-refractivity contribution in [1.29, 1.82) is 0 Å². The largest absolute Gasteiger partial charge is 0.425 e. The van der Waals surface area contributed by atoms with E-state index in [0.29, 0.717) is 0 Å². The molecule has 12 heteroatoms. The van der Waals surface area contributed by atoms with Crippen molar-refractivity contribution in [3.05, 3.63) is 0 Å². The molecule has 2 unspecified atom stereocenters. The monoisotopic (exact) mass is 302 g/mol. The Morgan fingerprint density at radius 2 is 0.611 bits per heavy atom. The van der Waals surface area contributed by atoms with Gasteiger partial charge in [0.1, 0.15) is 0 Å². The van der Waals surface area contributed by atoms with Crippen LogP contribution in [0.25, 0.3) is 0 Å². The van der Waals surface area contributed by atoms with Crippen LogP contribution in [-0.2, 0) is 0 Å². The minimum atomic E-state index is -6.90. The van der Waals surface area contributed by atoms with Gasteiger partial charge >= 0.3 is 24.2 Å². The first kappa shape index (κ1) is 17.2. The van der Waals surface area contributed by atoms with Crippen molar-refractivity contribution >= 4 is 0 Å². The third-order valence-corrected chi connectivity index (χ3v) is 1.66. The van der Waals surface area contributed by atoms with Crippen molar-refractivity contribution < 1.29 is 52.7 Å². The fraction of sp³-hybridized carbons (Fsp3) is 1.00. The molecule has 0 aromatic heterocycles. The van der Waals surface area contributed by atoms with Crippen LogP contribution in [0.1, 0.15) is 0 Å². The Balaban J connectivity index is 5.46. The van der Waals surface area contributed by atoms with Gasteiger partial charge in [0, 0.05) is 0 Å². The maximum Gasteiger partial charge on any atom is 0.425 e. The maximum absolute atomic E-state index is 12.3. The Morgan fingerprint density at radius 3 is 0.722 bits per heavy atom. The van der Waals surface area contributed by atoms with Gasteiger partial charge in [0.25, 0.3) is 12.3 Å². The summed E-state index contributed by atoms with van der Waals surface area (Å²) in [7, 11) is 0. The summed E-state index contributed by atoms with van der Waals surface area (Å²) >= 11 is 0. The summed E-state index contributed by atoms with van der Waals surface area (Å²) < 4.78 is 142. The highest BCUT2D eigenvalue weighted by molar-refractivity contribution is 5.00. The summed E-state index contributed by atoms with van der Waals surface area (Å²) in [6.45, 7) is 0. The fourth-order valence-corrected chi connectivity index (χ4v) is 0.749. The number of hydrogen-bond donors (Lipinski definition) is 0. The first-order valence-electron chi connectivity index (χ1n) is 3.73. The Morgan fingerprint density at radius 1 is 0.444 bits per heavy atom. The number of halogens is 12. The highest BCUT2D eigenvalue weighted by Gasteiger charge is 2.76. The summed E-state index contributed by atoms with van der Waals surface area (Å²) in [6, 6.07) is 0. The molecule has 2 atom stereocenters. The molecule has 0 bridgehead atoms. The zero-order chi connectivity index (χ0) is 15.2. The molecule has 0 heterocycles. The zero-order valence-electron chi connectivity index (χ0n) is 7.69. The molecule has 0 N–H and O–H groups in total. The van der Waals surface area contributed by atoms with Crippen molar-refractivity contribution in [2.24, 2.45) is 0 Å². The van der Waals surface area contributed by atoms with Gasteiger partial charge in [0.2, 0.25) is 0 Å². The molecule has 0 radical (unpaired) electrons. The van der Waals surface area contributed by atoms with E-state index in [2.05, 4.69) is 0 Å². The molecule has 0 aromatic carbocycles. The highest BCUT2D eigenvalue weighted by atomic mass is 19.4. The molecular weight excluding hydrogens is 300 g/mol. The number of rotatable bonds is 3. The Bertz CT molecular complexity index is 254. The molecule has 110 valence electrons. The summed E-state index contributed by atoms with van der Waals surface area (Å²) in [5.74, 6) is -13.8. The predicted octanol–water partition coefficient (Wildman–Crippen LogP) is 4.06. The molecule has 0 nitrogen and oxygen atoms in total. The molecular formula is C6H2F12. The molecule has 0 rings (SSSR count). The van der Waals surface area contributed by atoms with Crippen LogP contribution in [0.15, 0.2) is 0 Å². The summed E-state index contributed by atoms with van der Waals surface area (Å²) in [6.07, 6.45) is -24.4. The van der Waals surface area contributed by atoms with E-state index in [4.69, 9.17) is 0 Å². The van der Waals surface area contributed by atoms with Crippen LogP contribution in [0, 0.1) is 0 Å². The molecule has 0 spiro atoms. The lowest BCUT2D eigenvalue weighted by molar-refractivity contribution is -0.348. The zero-order valence-corrected chi connectivity index (χ0v) is 7.69. The van der Waals surface area contributed by atoms with E-state index in [0.717, 1.165) is 0 Å². The van der Waals surface area contributed by atoms with Gasteiger partial charge in [-0.2, -0.15) is 43.9 Å². The summed E-state index contributed by atoms with van der Waals surface area (Å²) in [5, 5.41) is 0. The van der Waals surface area contributed by atoms with E-state index < -0.39 is 36.5 Å². The number of hydrogen-bond acceptors (Lipinski definition) is 0. The van der Waals surface area contributed by atoms with E-state index in [-0.39, 0.29) is 0 Å². The summed E-state index contributed by atoms with van der Waals surface area (Å²) in [5.41, 5.74) is 0. The van der Waals surface area contributed by atoms with Crippen molar-refractivity contribution in [3.63, 3.8) is 0 Å². The van der Waals surface area contributed by atoms with E-state index in [1.165, 1.54) is 0 Å². The van der Waals surface area contributed by atoms with E-state index in [9.17, 15) is 52.7 Å². The van der Waals surface area contributed by atoms with E-state index in [1.807, 2.05) is 0 Å². The van der Waals surface area contributed by atoms with Gasteiger partial charge in [0.05, 0.1) is 0 Å². The van der Waals surface area contributed by atoms with Crippen molar-refractivity contribution in [2.45, 2.75) is 36.5 Å². The first-order valence-corrected chi connectivity index (χ1v) is 3.73. The molecule has 0 fully saturated rings. The molecule has 0 saturated heterocycles. The molecule has 0 aromatic rings. The Kier molecular flexibility index (Phi) is 4.16. The van der Waals surface area contributed by atoms with Gasteiger partial charge in [-0.1, -0.05) is 0 Å². The topological polar surface area (TPSA) is 0 Å². The van der Waals surface area contributed by atoms with Gasteiger partial charge in [-0.3, -0.25) is 0 Å². The second-order valence-corrected chi connectivity index (χ2v) is 3.05. The molecule has 0 aliphatic carbocycles. The third kappa shape index (κ3) is 2.94. The Hall–Kier alpha value is -0.840. The highest BCUT2D eigenvalue weighted by Crippen LogP contribution is 2.49. The van der Waals surface area contributed by atoms with Crippen LogP contribution in [-0.4, -0.2) is 36.5 Å². The lowest BCUT2D eigenvalue weighted by Gasteiger charge is -2.32. The van der Waals surface area contributed by atoms with Crippen molar-refractivity contribution in [3.8, 4) is 0 Å². The molecule has 18 heavy (non-hydrogen) atoms. The normalized spacial score (nSPS) is 18.7. The minimum Gasteiger partial charge on any atom is -0.230 e. The van der Waals surface area contributed by atoms with Gasteiger partial charge in [0.15, 0.2) is 0 Å². The van der Waals surface area contributed by atoms with Gasteiger partial charge in [-0.05, 0) is 0 Å². The average Bonchev–Trinajstić information content (AvgIpc) is 2.12. The second kappa shape index (κ2) is 4.37. The average molecular weight is 302 g/mol. The second-order valence-electron chi connectivity index (χ2n) is 3.05. The van der Waals surface area contributed by atoms with Crippen molar-refractivity contribution in [1.82, 2.24) is 0 Å². The smallest absolute Gasteiger partial charge is 0.230 e.